The maximum Gasteiger partial charge on any atom is 0.469 e. The van der Waals surface area contributed by atoms with Gasteiger partial charge in [-0.05, 0) is 12.1 Å². The number of H-pyrrole nitrogens is 1. The van der Waals surface area contributed by atoms with Gasteiger partial charge >= 0.3 is 7.82 Å². The van der Waals surface area contributed by atoms with Gasteiger partial charge in [-0.1, -0.05) is 0 Å². The number of phosphoric ester groups is 1. The van der Waals surface area contributed by atoms with E-state index in [0.717, 1.165) is 10.9 Å². The van der Waals surface area contributed by atoms with Gasteiger partial charge in [-0.15, -0.1) is 0 Å². The number of aliphatic hydroxyl groups is 2. The van der Waals surface area contributed by atoms with Crippen molar-refractivity contribution in [1.29, 1.82) is 0 Å². The molecule has 1 fully saturated rings. The molecule has 1 amide bonds. The quantitative estimate of drug-likeness (QED) is 0.238. The smallest absolute Gasteiger partial charge is 0.459 e. The van der Waals surface area contributed by atoms with Crippen LogP contribution in [0.5, 0.6) is 0 Å². The summed E-state index contributed by atoms with van der Waals surface area (Å²) in [5.41, 5.74) is -0.935. The number of imidazole rings is 1. The first-order valence-electron chi connectivity index (χ1n) is 8.67. The Kier molecular flexibility index (Phi) is 5.49. The zero-order valence-electron chi connectivity index (χ0n) is 15.4. The number of hydrogen-bond acceptors (Lipinski definition) is 10. The number of rotatable bonds is 6. The maximum atomic E-state index is 12.3. The van der Waals surface area contributed by atoms with E-state index < -0.39 is 50.4 Å². The number of fused-ring (bicyclic) bond motifs is 1. The van der Waals surface area contributed by atoms with E-state index in [2.05, 4.69) is 24.8 Å². The van der Waals surface area contributed by atoms with Crippen LogP contribution < -0.4 is 10.9 Å². The fourth-order valence-electron chi connectivity index (χ4n) is 3.02. The molecule has 3 aromatic heterocycles. The van der Waals surface area contributed by atoms with Gasteiger partial charge < -0.3 is 29.2 Å². The minimum Gasteiger partial charge on any atom is -0.459 e. The van der Waals surface area contributed by atoms with Crippen molar-refractivity contribution < 1.29 is 43.0 Å². The van der Waals surface area contributed by atoms with E-state index in [9.17, 15) is 24.4 Å². The van der Waals surface area contributed by atoms with E-state index in [1.807, 2.05) is 0 Å². The van der Waals surface area contributed by atoms with Crippen molar-refractivity contribution in [3.63, 3.8) is 0 Å². The Balaban J connectivity index is 1.62. The normalized spacial score (nSPS) is 24.0. The second-order valence-corrected chi connectivity index (χ2v) is 7.74. The molecule has 0 aromatic carbocycles. The second kappa shape index (κ2) is 7.97. The third kappa shape index (κ3) is 4.28. The van der Waals surface area contributed by atoms with Gasteiger partial charge in [0.1, 0.15) is 18.3 Å². The van der Waals surface area contributed by atoms with Gasteiger partial charge in [-0.3, -0.25) is 29.0 Å². The van der Waals surface area contributed by atoms with Crippen LogP contribution in [0, 0.1) is 0 Å². The first-order chi connectivity index (χ1) is 14.6. The van der Waals surface area contributed by atoms with E-state index in [1.165, 1.54) is 18.4 Å². The number of aromatic nitrogens is 4. The number of nitrogens with one attached hydrogen (secondary N) is 2. The lowest BCUT2D eigenvalue weighted by atomic mass is 10.1. The Morgan fingerprint density at radius 3 is 2.81 bits per heavy atom. The highest BCUT2D eigenvalue weighted by molar-refractivity contribution is 7.46. The summed E-state index contributed by atoms with van der Waals surface area (Å²) in [6, 6.07) is 2.90. The van der Waals surface area contributed by atoms with Gasteiger partial charge in [0, 0.05) is 0 Å². The third-order valence-electron chi connectivity index (χ3n) is 4.43. The summed E-state index contributed by atoms with van der Waals surface area (Å²) in [6.45, 7) is -0.704. The number of aromatic amines is 1. The van der Waals surface area contributed by atoms with Gasteiger partial charge in [0.2, 0.25) is 5.95 Å². The highest BCUT2D eigenvalue weighted by Crippen LogP contribution is 2.38. The summed E-state index contributed by atoms with van der Waals surface area (Å²) in [4.78, 5) is 52.4. The minimum absolute atomic E-state index is 0.0261. The van der Waals surface area contributed by atoms with E-state index >= 15 is 0 Å². The number of hydrogen-bond donors (Lipinski definition) is 6. The van der Waals surface area contributed by atoms with Crippen LogP contribution in [-0.4, -0.2) is 70.3 Å². The first-order valence-corrected chi connectivity index (χ1v) is 10.2. The molecular formula is C15H16N5O10P. The molecule has 1 saturated heterocycles. The molecule has 1 aliphatic rings. The highest BCUT2D eigenvalue weighted by Gasteiger charge is 2.45. The number of anilines is 1. The summed E-state index contributed by atoms with van der Waals surface area (Å²) in [6.07, 6.45) is -3.31. The van der Waals surface area contributed by atoms with Crippen LogP contribution >= 0.6 is 7.82 Å². The lowest BCUT2D eigenvalue weighted by Crippen LogP contribution is -2.33. The molecule has 0 saturated carbocycles. The molecule has 31 heavy (non-hydrogen) atoms. The Hall–Kier alpha value is -2.91. The van der Waals surface area contributed by atoms with E-state index in [1.54, 1.807) is 0 Å². The molecule has 16 heteroatoms. The number of amides is 1. The molecule has 0 radical (unpaired) electrons. The monoisotopic (exact) mass is 457 g/mol. The molecule has 4 heterocycles. The lowest BCUT2D eigenvalue weighted by molar-refractivity contribution is -0.0503. The average Bonchev–Trinajstić information content (AvgIpc) is 3.41. The Morgan fingerprint density at radius 1 is 1.35 bits per heavy atom. The number of phosphoric acid groups is 1. The predicted molar refractivity (Wildman–Crippen MR) is 98.7 cm³/mol. The molecule has 0 unspecified atom stereocenters. The molecule has 0 bridgehead atoms. The van der Waals surface area contributed by atoms with Crippen molar-refractivity contribution in [3.05, 3.63) is 40.8 Å². The molecule has 6 N–H and O–H groups in total. The molecule has 0 spiro atoms. The fraction of sp³-hybridized carbons (Fsp3) is 0.333. The Morgan fingerprint density at radius 2 is 2.13 bits per heavy atom. The number of aliphatic hydroxyl groups excluding tert-OH is 2. The summed E-state index contributed by atoms with van der Waals surface area (Å²) >= 11 is 0. The molecule has 1 aliphatic heterocycles. The van der Waals surface area contributed by atoms with Crippen LogP contribution in [0.4, 0.5) is 5.95 Å². The summed E-state index contributed by atoms with van der Waals surface area (Å²) in [7, 11) is -4.83. The molecule has 3 aromatic rings. The minimum atomic E-state index is -4.83. The Bertz CT molecular complexity index is 1200. The molecule has 15 nitrogen and oxygen atoms in total. The topological polar surface area (TPSA) is 222 Å². The molecular weight excluding hydrogens is 441 g/mol. The second-order valence-electron chi connectivity index (χ2n) is 6.50. The third-order valence-corrected chi connectivity index (χ3v) is 4.91. The zero-order chi connectivity index (χ0) is 22.3. The van der Waals surface area contributed by atoms with Crippen LogP contribution in [-0.2, 0) is 13.8 Å². The zero-order valence-corrected chi connectivity index (χ0v) is 16.2. The van der Waals surface area contributed by atoms with Crippen molar-refractivity contribution >= 4 is 30.8 Å². The standard InChI is InChI=1S/C15H16N5O10P/c21-9-7(4-29-31(25,26)27)30-14(10(9)22)20-5-16-8-11(20)17-15(19-13(8)24)18-12(23)6-2-1-3-28-6/h1-3,5,7,9-10,14,21-22H,4H2,(H2,25,26,27)(H2,17,18,19,23,24)/t7-,9-,10-,14-/m1/s1. The van der Waals surface area contributed by atoms with Crippen molar-refractivity contribution in [1.82, 2.24) is 19.5 Å². The van der Waals surface area contributed by atoms with Gasteiger partial charge in [-0.2, -0.15) is 4.98 Å². The number of furan rings is 1. The summed E-state index contributed by atoms with van der Waals surface area (Å²) < 4.78 is 26.8. The molecule has 4 rings (SSSR count). The number of ether oxygens (including phenoxy) is 1. The van der Waals surface area contributed by atoms with Crippen LogP contribution in [0.1, 0.15) is 16.8 Å². The van der Waals surface area contributed by atoms with Gasteiger partial charge in [0.25, 0.3) is 11.5 Å². The van der Waals surface area contributed by atoms with Crippen LogP contribution in [0.15, 0.2) is 33.9 Å². The summed E-state index contributed by atoms with van der Waals surface area (Å²) in [5.74, 6) is -0.947. The Labute approximate surface area is 171 Å². The largest absolute Gasteiger partial charge is 0.469 e. The number of carbonyl (C=O) groups is 1. The van der Waals surface area contributed by atoms with E-state index in [4.69, 9.17) is 18.9 Å². The van der Waals surface area contributed by atoms with E-state index in [-0.39, 0.29) is 22.9 Å². The number of nitrogens with zero attached hydrogens (tertiary/aromatic N) is 3. The molecule has 4 atom stereocenters. The van der Waals surface area contributed by atoms with Crippen LogP contribution in [0.2, 0.25) is 0 Å². The summed E-state index contributed by atoms with van der Waals surface area (Å²) in [5, 5.41) is 22.8. The maximum absolute atomic E-state index is 12.3. The van der Waals surface area contributed by atoms with Crippen molar-refractivity contribution in [2.24, 2.45) is 0 Å². The van der Waals surface area contributed by atoms with Crippen molar-refractivity contribution in [3.8, 4) is 0 Å². The van der Waals surface area contributed by atoms with Gasteiger partial charge in [-0.25, -0.2) is 9.55 Å². The average molecular weight is 457 g/mol. The highest BCUT2D eigenvalue weighted by atomic mass is 31.2. The SMILES string of the molecule is O=C(Nc1nc2c(ncn2[C@@H]2O[C@H](COP(=O)(O)O)[C@@H](O)[C@H]2O)c(=O)[nH]1)c1ccco1. The van der Waals surface area contributed by atoms with Crippen molar-refractivity contribution in [2.75, 3.05) is 11.9 Å². The van der Waals surface area contributed by atoms with Crippen LogP contribution in [0.25, 0.3) is 11.2 Å². The van der Waals surface area contributed by atoms with Crippen molar-refractivity contribution in [2.45, 2.75) is 24.5 Å². The predicted octanol–water partition coefficient (Wildman–Crippen LogP) is -1.31. The molecule has 166 valence electrons. The molecule has 0 aliphatic carbocycles. The first kappa shape index (κ1) is 21.3. The van der Waals surface area contributed by atoms with Gasteiger partial charge in [0.15, 0.2) is 23.2 Å². The fourth-order valence-corrected chi connectivity index (χ4v) is 3.36. The number of carbonyl (C=O) groups excluding carboxylic acids is 1. The van der Waals surface area contributed by atoms with Gasteiger partial charge in [0.05, 0.1) is 19.2 Å². The lowest BCUT2D eigenvalue weighted by Gasteiger charge is -2.16. The van der Waals surface area contributed by atoms with E-state index in [0.29, 0.717) is 0 Å². The van der Waals surface area contributed by atoms with Crippen LogP contribution in [0.3, 0.4) is 0 Å².